The van der Waals surface area contributed by atoms with Gasteiger partial charge in [0.05, 0.1) is 16.9 Å². The molecule has 3 aromatic rings. The van der Waals surface area contributed by atoms with E-state index in [1.165, 1.54) is 23.2 Å². The molecule has 2 aliphatic rings. The van der Waals surface area contributed by atoms with Gasteiger partial charge in [0.15, 0.2) is 0 Å². The number of hydrogen-bond donors (Lipinski definition) is 2. The van der Waals surface area contributed by atoms with Crippen LogP contribution in [0.4, 0.5) is 5.82 Å². The zero-order chi connectivity index (χ0) is 21.9. The summed E-state index contributed by atoms with van der Waals surface area (Å²) in [6.07, 6.45) is 5.61. The molecule has 0 amide bonds. The van der Waals surface area contributed by atoms with Crippen LogP contribution in [-0.4, -0.2) is 45.4 Å². The molecule has 0 aliphatic carbocycles. The van der Waals surface area contributed by atoms with Crippen LogP contribution in [-0.2, 0) is 13.0 Å². The van der Waals surface area contributed by atoms with Crippen LogP contribution in [0.25, 0.3) is 5.69 Å². The molecule has 5 rings (SSSR count). The van der Waals surface area contributed by atoms with Crippen molar-refractivity contribution in [3.63, 3.8) is 0 Å². The summed E-state index contributed by atoms with van der Waals surface area (Å²) in [5.74, 6) is 0.652. The molecule has 32 heavy (non-hydrogen) atoms. The lowest BCUT2D eigenvalue weighted by Gasteiger charge is -2.31. The summed E-state index contributed by atoms with van der Waals surface area (Å²) in [5, 5.41) is 17.9. The van der Waals surface area contributed by atoms with E-state index in [0.29, 0.717) is 11.5 Å². The van der Waals surface area contributed by atoms with Crippen molar-refractivity contribution in [1.29, 1.82) is 0 Å². The molecule has 2 aromatic carbocycles. The number of carboxylic acid groups (broad SMARTS) is 1. The number of nitrogens with zero attached hydrogens (tertiary/aromatic N) is 3. The van der Waals surface area contributed by atoms with Crippen molar-refractivity contribution in [3.05, 3.63) is 77.0 Å². The predicted molar refractivity (Wildman–Crippen MR) is 126 cm³/mol. The number of hydrogen-bond acceptors (Lipinski definition) is 4. The second kappa shape index (κ2) is 9.17. The third-order valence-electron chi connectivity index (χ3n) is 6.74. The second-order valence-electron chi connectivity index (χ2n) is 8.90. The molecule has 1 aromatic heterocycles. The lowest BCUT2D eigenvalue weighted by Crippen LogP contribution is -2.32. The number of carbonyl (C=O) groups is 1. The third-order valence-corrected chi connectivity index (χ3v) is 6.74. The normalized spacial score (nSPS) is 17.4. The van der Waals surface area contributed by atoms with Crippen LogP contribution in [0.15, 0.2) is 54.6 Å². The smallest absolute Gasteiger partial charge is 0.335 e. The van der Waals surface area contributed by atoms with Crippen LogP contribution in [0.5, 0.6) is 0 Å². The number of carboxylic acids is 1. The van der Waals surface area contributed by atoms with Gasteiger partial charge in [-0.2, -0.15) is 5.10 Å². The molecule has 0 radical (unpaired) electrons. The molecule has 0 unspecified atom stereocenters. The molecule has 0 atom stereocenters. The highest BCUT2D eigenvalue weighted by molar-refractivity contribution is 5.87. The molecular formula is C26H30N4O2. The van der Waals surface area contributed by atoms with Gasteiger partial charge < -0.3 is 10.4 Å². The van der Waals surface area contributed by atoms with Crippen LogP contribution in [0.3, 0.4) is 0 Å². The van der Waals surface area contributed by atoms with Crippen molar-refractivity contribution in [2.75, 3.05) is 25.0 Å². The number of likely N-dealkylation sites (tertiary alicyclic amines) is 1. The monoisotopic (exact) mass is 430 g/mol. The minimum Gasteiger partial charge on any atom is -0.478 e. The molecule has 0 bridgehead atoms. The number of rotatable bonds is 5. The molecule has 166 valence electrons. The SMILES string of the molecule is O=C(O)c1ccc(-n2nc(C3CCN(Cc4ccccc4)CC3)c3c2NCCCC3)cc1. The van der Waals surface area contributed by atoms with E-state index in [1.54, 1.807) is 12.1 Å². The number of anilines is 1. The maximum Gasteiger partial charge on any atom is 0.335 e. The van der Waals surface area contributed by atoms with Gasteiger partial charge in [0.25, 0.3) is 0 Å². The van der Waals surface area contributed by atoms with Gasteiger partial charge in [-0.25, -0.2) is 9.48 Å². The summed E-state index contributed by atoms with van der Waals surface area (Å²) in [5.41, 5.74) is 5.17. The highest BCUT2D eigenvalue weighted by atomic mass is 16.4. The fourth-order valence-corrected chi connectivity index (χ4v) is 5.00. The van der Waals surface area contributed by atoms with E-state index in [4.69, 9.17) is 5.10 Å². The second-order valence-corrected chi connectivity index (χ2v) is 8.90. The molecular weight excluding hydrogens is 400 g/mol. The van der Waals surface area contributed by atoms with Gasteiger partial charge in [-0.05, 0) is 75.0 Å². The Labute approximate surface area is 188 Å². The van der Waals surface area contributed by atoms with E-state index in [0.717, 1.165) is 63.4 Å². The van der Waals surface area contributed by atoms with Crippen molar-refractivity contribution in [3.8, 4) is 5.69 Å². The van der Waals surface area contributed by atoms with E-state index < -0.39 is 5.97 Å². The van der Waals surface area contributed by atoms with Crippen molar-refractivity contribution in [2.24, 2.45) is 0 Å². The highest BCUT2D eigenvalue weighted by Crippen LogP contribution is 2.36. The van der Waals surface area contributed by atoms with Gasteiger partial charge in [-0.15, -0.1) is 0 Å². The van der Waals surface area contributed by atoms with Gasteiger partial charge >= 0.3 is 5.97 Å². The van der Waals surface area contributed by atoms with E-state index >= 15 is 0 Å². The Morgan fingerprint density at radius 1 is 1.03 bits per heavy atom. The minimum absolute atomic E-state index is 0.297. The predicted octanol–water partition coefficient (Wildman–Crippen LogP) is 4.70. The Bertz CT molecular complexity index is 1070. The maximum atomic E-state index is 11.2. The molecule has 2 N–H and O–H groups in total. The fraction of sp³-hybridized carbons (Fsp3) is 0.385. The van der Waals surface area contributed by atoms with Crippen LogP contribution in [0.2, 0.25) is 0 Å². The molecule has 0 saturated carbocycles. The Morgan fingerprint density at radius 3 is 2.50 bits per heavy atom. The first-order valence-electron chi connectivity index (χ1n) is 11.6. The first-order valence-corrected chi connectivity index (χ1v) is 11.6. The summed E-state index contributed by atoms with van der Waals surface area (Å²) < 4.78 is 2.00. The highest BCUT2D eigenvalue weighted by Gasteiger charge is 2.29. The molecule has 0 spiro atoms. The maximum absolute atomic E-state index is 11.2. The minimum atomic E-state index is -0.906. The lowest BCUT2D eigenvalue weighted by molar-refractivity contribution is 0.0697. The number of aromatic carboxylic acids is 1. The van der Waals surface area contributed by atoms with Gasteiger partial charge in [0.2, 0.25) is 0 Å². The summed E-state index contributed by atoms with van der Waals surface area (Å²) in [7, 11) is 0. The van der Waals surface area contributed by atoms with E-state index in [9.17, 15) is 9.90 Å². The number of piperidine rings is 1. The van der Waals surface area contributed by atoms with Gasteiger partial charge in [0, 0.05) is 24.6 Å². The molecule has 6 nitrogen and oxygen atoms in total. The van der Waals surface area contributed by atoms with Crippen LogP contribution < -0.4 is 5.32 Å². The lowest BCUT2D eigenvalue weighted by atomic mass is 9.90. The average Bonchev–Trinajstić information content (AvgIpc) is 3.01. The van der Waals surface area contributed by atoms with Gasteiger partial charge in [-0.3, -0.25) is 4.90 Å². The Balaban J connectivity index is 1.38. The number of benzene rings is 2. The Morgan fingerprint density at radius 2 is 1.78 bits per heavy atom. The Kier molecular flexibility index (Phi) is 5.95. The summed E-state index contributed by atoms with van der Waals surface area (Å²) in [6.45, 7) is 4.13. The summed E-state index contributed by atoms with van der Waals surface area (Å²) in [6, 6.07) is 17.7. The van der Waals surface area contributed by atoms with Crippen LogP contribution in [0.1, 0.15) is 58.8 Å². The molecule has 1 fully saturated rings. The quantitative estimate of drug-likeness (QED) is 0.614. The first-order chi connectivity index (χ1) is 15.7. The number of nitrogens with one attached hydrogen (secondary N) is 1. The van der Waals surface area contributed by atoms with Crippen LogP contribution >= 0.6 is 0 Å². The first kappa shape index (κ1) is 20.8. The fourth-order valence-electron chi connectivity index (χ4n) is 5.00. The standard InChI is InChI=1S/C26H30N4O2/c31-26(32)21-9-11-22(12-10-21)30-25-23(8-4-5-15-27-25)24(28-30)20-13-16-29(17-14-20)18-19-6-2-1-3-7-19/h1-3,6-7,9-12,20,27H,4-5,8,13-18H2,(H,31,32). The largest absolute Gasteiger partial charge is 0.478 e. The third kappa shape index (κ3) is 4.28. The summed E-state index contributed by atoms with van der Waals surface area (Å²) in [4.78, 5) is 13.8. The van der Waals surface area contributed by atoms with Gasteiger partial charge in [0.1, 0.15) is 5.82 Å². The van der Waals surface area contributed by atoms with Gasteiger partial charge in [-0.1, -0.05) is 30.3 Å². The number of aromatic nitrogens is 2. The zero-order valence-corrected chi connectivity index (χ0v) is 18.3. The molecule has 3 heterocycles. The van der Waals surface area contributed by atoms with Crippen molar-refractivity contribution < 1.29 is 9.90 Å². The zero-order valence-electron chi connectivity index (χ0n) is 18.3. The average molecular weight is 431 g/mol. The van der Waals surface area contributed by atoms with E-state index in [1.807, 2.05) is 16.8 Å². The molecule has 2 aliphatic heterocycles. The molecule has 6 heteroatoms. The Hall–Kier alpha value is -3.12. The van der Waals surface area contributed by atoms with Crippen molar-refractivity contribution in [2.45, 2.75) is 44.6 Å². The number of fused-ring (bicyclic) bond motifs is 1. The topological polar surface area (TPSA) is 70.4 Å². The van der Waals surface area contributed by atoms with E-state index in [-0.39, 0.29) is 0 Å². The molecule has 1 saturated heterocycles. The van der Waals surface area contributed by atoms with E-state index in [2.05, 4.69) is 40.5 Å². The summed E-state index contributed by atoms with van der Waals surface area (Å²) >= 11 is 0. The van der Waals surface area contributed by atoms with Crippen LogP contribution in [0, 0.1) is 0 Å². The van der Waals surface area contributed by atoms with Crippen molar-refractivity contribution >= 4 is 11.8 Å². The van der Waals surface area contributed by atoms with Crippen molar-refractivity contribution in [1.82, 2.24) is 14.7 Å².